The van der Waals surface area contributed by atoms with Crippen molar-refractivity contribution >= 4 is 17.6 Å². The number of nitrogens with zero attached hydrogens (tertiary/aromatic N) is 3. The maximum Gasteiger partial charge on any atom is 0.273 e. The molecule has 8 nitrogen and oxygen atoms in total. The summed E-state index contributed by atoms with van der Waals surface area (Å²) in [5, 5.41) is 5.43. The lowest BCUT2D eigenvalue weighted by molar-refractivity contribution is -0.131. The van der Waals surface area contributed by atoms with Gasteiger partial charge in [0.1, 0.15) is 11.9 Å². The first kappa shape index (κ1) is 18.6. The summed E-state index contributed by atoms with van der Waals surface area (Å²) in [7, 11) is 1.52. The standard InChI is InChI=1S/C19H23N5O3/c1-20-19(26)17-18(22-10-9-21-17)23-13-16(25)24-11-7-15(8-12-24)27-14-5-3-2-4-6-14/h2-6,9-10,15H,7-8,11-13H2,1H3,(H,20,26)(H,22,23). The number of carbonyl (C=O) groups is 2. The molecule has 1 aromatic carbocycles. The average Bonchev–Trinajstić information content (AvgIpc) is 2.73. The topological polar surface area (TPSA) is 96.4 Å². The minimum Gasteiger partial charge on any atom is -0.490 e. The van der Waals surface area contributed by atoms with E-state index in [0.717, 1.165) is 18.6 Å². The fourth-order valence-electron chi connectivity index (χ4n) is 2.94. The number of hydrogen-bond donors (Lipinski definition) is 2. The third-order valence-electron chi connectivity index (χ3n) is 4.39. The van der Waals surface area contributed by atoms with Crippen molar-refractivity contribution in [3.63, 3.8) is 0 Å². The maximum absolute atomic E-state index is 12.5. The number of carbonyl (C=O) groups excluding carboxylic acids is 2. The molecule has 1 saturated heterocycles. The van der Waals surface area contributed by atoms with Crippen molar-refractivity contribution in [3.8, 4) is 5.75 Å². The molecule has 0 saturated carbocycles. The molecule has 0 unspecified atom stereocenters. The van der Waals surface area contributed by atoms with E-state index >= 15 is 0 Å². The number of anilines is 1. The molecule has 1 aliphatic heterocycles. The molecule has 27 heavy (non-hydrogen) atoms. The summed E-state index contributed by atoms with van der Waals surface area (Å²) in [5.41, 5.74) is 0.169. The molecule has 0 bridgehead atoms. The highest BCUT2D eigenvalue weighted by molar-refractivity contribution is 5.97. The number of rotatable bonds is 6. The van der Waals surface area contributed by atoms with Crippen LogP contribution in [-0.4, -0.2) is 59.5 Å². The highest BCUT2D eigenvalue weighted by atomic mass is 16.5. The fourth-order valence-corrected chi connectivity index (χ4v) is 2.94. The van der Waals surface area contributed by atoms with Gasteiger partial charge in [0, 0.05) is 45.4 Å². The van der Waals surface area contributed by atoms with E-state index in [0.29, 0.717) is 18.9 Å². The molecule has 1 aliphatic rings. The second-order valence-corrected chi connectivity index (χ2v) is 6.20. The van der Waals surface area contributed by atoms with E-state index in [1.54, 1.807) is 4.90 Å². The second-order valence-electron chi connectivity index (χ2n) is 6.20. The Labute approximate surface area is 158 Å². The van der Waals surface area contributed by atoms with Crippen LogP contribution in [0.1, 0.15) is 23.3 Å². The zero-order valence-electron chi connectivity index (χ0n) is 15.2. The van der Waals surface area contributed by atoms with E-state index < -0.39 is 0 Å². The number of hydrogen-bond acceptors (Lipinski definition) is 6. The summed E-state index contributed by atoms with van der Waals surface area (Å²) in [6.45, 7) is 1.34. The molecule has 3 rings (SSSR count). The van der Waals surface area contributed by atoms with Gasteiger partial charge in [0.2, 0.25) is 5.91 Å². The van der Waals surface area contributed by atoms with E-state index in [2.05, 4.69) is 20.6 Å². The van der Waals surface area contributed by atoms with Crippen LogP contribution < -0.4 is 15.4 Å². The van der Waals surface area contributed by atoms with Crippen LogP contribution in [0.15, 0.2) is 42.7 Å². The molecule has 0 atom stereocenters. The first-order valence-corrected chi connectivity index (χ1v) is 8.94. The Kier molecular flexibility index (Phi) is 6.19. The molecule has 2 amide bonds. The molecule has 2 aromatic rings. The second kappa shape index (κ2) is 8.98. The molecule has 142 valence electrons. The zero-order valence-corrected chi connectivity index (χ0v) is 15.2. The first-order chi connectivity index (χ1) is 13.2. The third kappa shape index (κ3) is 4.93. The minimum atomic E-state index is -0.350. The van der Waals surface area contributed by atoms with Crippen LogP contribution in [0.3, 0.4) is 0 Å². The largest absolute Gasteiger partial charge is 0.490 e. The van der Waals surface area contributed by atoms with Crippen molar-refractivity contribution in [1.29, 1.82) is 0 Å². The van der Waals surface area contributed by atoms with Crippen molar-refractivity contribution in [2.75, 3.05) is 32.0 Å². The van der Waals surface area contributed by atoms with Gasteiger partial charge in [-0.15, -0.1) is 0 Å². The molecule has 0 spiro atoms. The molecule has 8 heteroatoms. The smallest absolute Gasteiger partial charge is 0.273 e. The van der Waals surface area contributed by atoms with Crippen LogP contribution in [0.25, 0.3) is 0 Å². The lowest BCUT2D eigenvalue weighted by Crippen LogP contribution is -2.44. The van der Waals surface area contributed by atoms with Crippen molar-refractivity contribution in [2.45, 2.75) is 18.9 Å². The Balaban J connectivity index is 1.48. The van der Waals surface area contributed by atoms with Crippen LogP contribution in [0, 0.1) is 0 Å². The zero-order chi connectivity index (χ0) is 19.1. The highest BCUT2D eigenvalue weighted by Gasteiger charge is 2.24. The first-order valence-electron chi connectivity index (χ1n) is 8.94. The summed E-state index contributed by atoms with van der Waals surface area (Å²) in [6.07, 6.45) is 4.61. The van der Waals surface area contributed by atoms with Crippen molar-refractivity contribution in [3.05, 3.63) is 48.4 Å². The molecular weight excluding hydrogens is 346 g/mol. The van der Waals surface area contributed by atoms with Gasteiger partial charge in [-0.05, 0) is 12.1 Å². The molecule has 2 N–H and O–H groups in total. The van der Waals surface area contributed by atoms with E-state index in [9.17, 15) is 9.59 Å². The van der Waals surface area contributed by atoms with Crippen LogP contribution in [0.2, 0.25) is 0 Å². The minimum absolute atomic E-state index is 0.0401. The number of ether oxygens (including phenoxy) is 1. The third-order valence-corrected chi connectivity index (χ3v) is 4.39. The number of para-hydroxylation sites is 1. The number of aromatic nitrogens is 2. The van der Waals surface area contributed by atoms with Gasteiger partial charge in [0.15, 0.2) is 11.5 Å². The van der Waals surface area contributed by atoms with Crippen molar-refractivity contribution < 1.29 is 14.3 Å². The lowest BCUT2D eigenvalue weighted by atomic mass is 10.1. The quantitative estimate of drug-likeness (QED) is 0.797. The van der Waals surface area contributed by atoms with Gasteiger partial charge in [0.05, 0.1) is 6.54 Å². The van der Waals surface area contributed by atoms with Gasteiger partial charge in [-0.1, -0.05) is 18.2 Å². The maximum atomic E-state index is 12.5. The summed E-state index contributed by atoms with van der Waals surface area (Å²) in [5.74, 6) is 0.763. The van der Waals surface area contributed by atoms with E-state index in [4.69, 9.17) is 4.74 Å². The number of nitrogens with one attached hydrogen (secondary N) is 2. The molecule has 1 aromatic heterocycles. The summed E-state index contributed by atoms with van der Waals surface area (Å²) < 4.78 is 5.95. The van der Waals surface area contributed by atoms with Crippen LogP contribution in [-0.2, 0) is 4.79 Å². The average molecular weight is 369 g/mol. The number of benzene rings is 1. The van der Waals surface area contributed by atoms with Gasteiger partial charge in [0.25, 0.3) is 5.91 Å². The Hall–Kier alpha value is -3.16. The number of piperidine rings is 1. The Bertz CT molecular complexity index is 776. The Morgan fingerprint density at radius 2 is 1.85 bits per heavy atom. The summed E-state index contributed by atoms with van der Waals surface area (Å²) in [6, 6.07) is 9.71. The van der Waals surface area contributed by atoms with E-state index in [1.807, 2.05) is 30.3 Å². The summed E-state index contributed by atoms with van der Waals surface area (Å²) in [4.78, 5) is 34.2. The molecule has 2 heterocycles. The lowest BCUT2D eigenvalue weighted by Gasteiger charge is -2.32. The fraction of sp³-hybridized carbons (Fsp3) is 0.368. The SMILES string of the molecule is CNC(=O)c1nccnc1NCC(=O)N1CCC(Oc2ccccc2)CC1. The number of amides is 2. The predicted molar refractivity (Wildman–Crippen MR) is 101 cm³/mol. The van der Waals surface area contributed by atoms with Gasteiger partial charge >= 0.3 is 0 Å². The monoisotopic (exact) mass is 369 g/mol. The van der Waals surface area contributed by atoms with Crippen molar-refractivity contribution in [2.24, 2.45) is 0 Å². The van der Waals surface area contributed by atoms with E-state index in [1.165, 1.54) is 19.4 Å². The van der Waals surface area contributed by atoms with Gasteiger partial charge in [-0.2, -0.15) is 0 Å². The van der Waals surface area contributed by atoms with Gasteiger partial charge in [-0.25, -0.2) is 9.97 Å². The molecular formula is C19H23N5O3. The van der Waals surface area contributed by atoms with E-state index in [-0.39, 0.29) is 30.2 Å². The predicted octanol–water partition coefficient (Wildman–Crippen LogP) is 1.32. The van der Waals surface area contributed by atoms with Crippen molar-refractivity contribution in [1.82, 2.24) is 20.2 Å². The normalized spacial score (nSPS) is 14.5. The van der Waals surface area contributed by atoms with Crippen LogP contribution >= 0.6 is 0 Å². The summed E-state index contributed by atoms with van der Waals surface area (Å²) >= 11 is 0. The van der Waals surface area contributed by atoms with Gasteiger partial charge in [-0.3, -0.25) is 9.59 Å². The Morgan fingerprint density at radius 1 is 1.15 bits per heavy atom. The molecule has 0 radical (unpaired) electrons. The van der Waals surface area contributed by atoms with Gasteiger partial charge < -0.3 is 20.3 Å². The number of likely N-dealkylation sites (tertiary alicyclic amines) is 1. The molecule has 1 fully saturated rings. The Morgan fingerprint density at radius 3 is 2.56 bits per heavy atom. The molecule has 0 aliphatic carbocycles. The van der Waals surface area contributed by atoms with Crippen LogP contribution in [0.4, 0.5) is 5.82 Å². The highest BCUT2D eigenvalue weighted by Crippen LogP contribution is 2.18. The van der Waals surface area contributed by atoms with Crippen LogP contribution in [0.5, 0.6) is 5.75 Å².